The van der Waals surface area contributed by atoms with E-state index >= 15 is 0 Å². The first-order chi connectivity index (χ1) is 13.2. The second kappa shape index (κ2) is 9.23. The molecule has 0 amide bonds. The van der Waals surface area contributed by atoms with E-state index in [2.05, 4.69) is 22.2 Å². The minimum atomic E-state index is -0.252. The molecule has 1 heterocycles. The second-order valence-corrected chi connectivity index (χ2v) is 6.48. The maximum Gasteiger partial charge on any atom is 0.216 e. The summed E-state index contributed by atoms with van der Waals surface area (Å²) in [7, 11) is 0. The number of nitrogens with zero attached hydrogens (tertiary/aromatic N) is 3. The third kappa shape index (κ3) is 5.34. The molecule has 0 bridgehead atoms. The van der Waals surface area contributed by atoms with E-state index in [1.165, 1.54) is 12.1 Å². The van der Waals surface area contributed by atoms with E-state index in [9.17, 15) is 4.39 Å². The lowest BCUT2D eigenvalue weighted by Gasteiger charge is -2.06. The van der Waals surface area contributed by atoms with Gasteiger partial charge >= 0.3 is 0 Å². The Hall–Kier alpha value is -2.80. The predicted molar refractivity (Wildman–Crippen MR) is 106 cm³/mol. The Bertz CT molecular complexity index is 945. The molecule has 0 atom stereocenters. The molecule has 2 aromatic carbocycles. The number of hydrogen-bond acceptors (Lipinski definition) is 4. The molecule has 0 aliphatic heterocycles. The van der Waals surface area contributed by atoms with Crippen LogP contribution in [0.5, 0.6) is 5.75 Å². The van der Waals surface area contributed by atoms with Crippen molar-refractivity contribution in [2.24, 2.45) is 5.10 Å². The van der Waals surface area contributed by atoms with Crippen molar-refractivity contribution in [2.45, 2.75) is 32.8 Å². The highest BCUT2D eigenvalue weighted by atomic mass is 32.1. The first-order valence-corrected chi connectivity index (χ1v) is 9.24. The number of benzene rings is 2. The molecule has 140 valence electrons. The lowest BCUT2D eigenvalue weighted by molar-refractivity contribution is 0.306. The molecule has 3 rings (SSSR count). The van der Waals surface area contributed by atoms with E-state index < -0.39 is 0 Å². The number of aromatic nitrogens is 3. The maximum absolute atomic E-state index is 12.9. The maximum atomic E-state index is 12.9. The van der Waals surface area contributed by atoms with Gasteiger partial charge in [-0.1, -0.05) is 25.5 Å². The molecule has 0 saturated heterocycles. The summed E-state index contributed by atoms with van der Waals surface area (Å²) < 4.78 is 20.8. The first kappa shape index (κ1) is 19.0. The molecule has 27 heavy (non-hydrogen) atoms. The van der Waals surface area contributed by atoms with Gasteiger partial charge in [-0.25, -0.2) is 4.39 Å². The summed E-state index contributed by atoms with van der Waals surface area (Å²) in [6, 6.07) is 13.8. The number of hydrogen-bond donors (Lipinski definition) is 1. The number of halogens is 1. The van der Waals surface area contributed by atoms with Gasteiger partial charge in [-0.05, 0) is 66.2 Å². The Balaban J connectivity index is 1.62. The highest BCUT2D eigenvalue weighted by molar-refractivity contribution is 7.71. The van der Waals surface area contributed by atoms with E-state index in [0.29, 0.717) is 11.4 Å². The standard InChI is InChI=1S/C20H21FN4OS/c1-2-3-4-19-23-24-20(27)25(19)22-13-15-7-11-18(12-8-15)26-14-16-5-9-17(21)10-6-16/h5-13H,2-4,14H2,1H3,(H,24,27)/b22-13+. The van der Waals surface area contributed by atoms with Gasteiger partial charge in [-0.15, -0.1) is 0 Å². The van der Waals surface area contributed by atoms with Gasteiger partial charge in [0.1, 0.15) is 18.2 Å². The van der Waals surface area contributed by atoms with E-state index in [-0.39, 0.29) is 5.82 Å². The minimum absolute atomic E-state index is 0.252. The van der Waals surface area contributed by atoms with Gasteiger partial charge in [-0.2, -0.15) is 14.9 Å². The van der Waals surface area contributed by atoms with Gasteiger partial charge in [0.05, 0.1) is 6.21 Å². The van der Waals surface area contributed by atoms with Crippen LogP contribution in [0.2, 0.25) is 0 Å². The number of nitrogens with one attached hydrogen (secondary N) is 1. The Morgan fingerprint density at radius 2 is 1.93 bits per heavy atom. The molecule has 0 aliphatic rings. The van der Waals surface area contributed by atoms with Crippen LogP contribution < -0.4 is 4.74 Å². The number of rotatable bonds is 8. The number of aromatic amines is 1. The molecule has 3 aromatic rings. The molecular formula is C20H21FN4OS. The fourth-order valence-corrected chi connectivity index (χ4v) is 2.66. The number of aryl methyl sites for hydroxylation is 1. The molecule has 0 spiro atoms. The van der Waals surface area contributed by atoms with Crippen LogP contribution in [0, 0.1) is 10.6 Å². The SMILES string of the molecule is CCCCc1n[nH]c(=S)n1/N=C/c1ccc(OCc2ccc(F)cc2)cc1. The van der Waals surface area contributed by atoms with Crippen LogP contribution in [0.15, 0.2) is 53.6 Å². The minimum Gasteiger partial charge on any atom is -0.489 e. The molecular weight excluding hydrogens is 363 g/mol. The molecule has 0 aliphatic carbocycles. The Labute approximate surface area is 162 Å². The topological polar surface area (TPSA) is 55.2 Å². The van der Waals surface area contributed by atoms with Gasteiger partial charge in [0.15, 0.2) is 5.82 Å². The van der Waals surface area contributed by atoms with Crippen LogP contribution in [-0.4, -0.2) is 21.1 Å². The summed E-state index contributed by atoms with van der Waals surface area (Å²) in [5.41, 5.74) is 1.84. The third-order valence-corrected chi connectivity index (χ3v) is 4.26. The lowest BCUT2D eigenvalue weighted by Crippen LogP contribution is -1.99. The second-order valence-electron chi connectivity index (χ2n) is 6.09. The van der Waals surface area contributed by atoms with Crippen LogP contribution in [-0.2, 0) is 13.0 Å². The molecule has 0 unspecified atom stereocenters. The smallest absolute Gasteiger partial charge is 0.216 e. The van der Waals surface area contributed by atoms with Gasteiger partial charge < -0.3 is 4.74 Å². The van der Waals surface area contributed by atoms with Crippen molar-refractivity contribution in [3.8, 4) is 5.75 Å². The van der Waals surface area contributed by atoms with Gasteiger partial charge in [-0.3, -0.25) is 5.10 Å². The van der Waals surface area contributed by atoms with Gasteiger partial charge in [0, 0.05) is 6.42 Å². The van der Waals surface area contributed by atoms with Crippen LogP contribution in [0.3, 0.4) is 0 Å². The fraction of sp³-hybridized carbons (Fsp3) is 0.250. The highest BCUT2D eigenvalue weighted by Crippen LogP contribution is 2.14. The van der Waals surface area contributed by atoms with Gasteiger partial charge in [0.25, 0.3) is 0 Å². The zero-order chi connectivity index (χ0) is 19.1. The average molecular weight is 384 g/mol. The van der Waals surface area contributed by atoms with Crippen LogP contribution >= 0.6 is 12.2 Å². The Morgan fingerprint density at radius 3 is 2.63 bits per heavy atom. The Morgan fingerprint density at radius 1 is 1.19 bits per heavy atom. The first-order valence-electron chi connectivity index (χ1n) is 8.83. The van der Waals surface area contributed by atoms with Crippen molar-refractivity contribution in [1.29, 1.82) is 0 Å². The van der Waals surface area contributed by atoms with Crippen molar-refractivity contribution >= 4 is 18.4 Å². The number of unbranched alkanes of at least 4 members (excludes halogenated alkanes) is 1. The quantitative estimate of drug-likeness (QED) is 0.445. The van der Waals surface area contributed by atoms with Crippen molar-refractivity contribution in [1.82, 2.24) is 14.9 Å². The predicted octanol–water partition coefficient (Wildman–Crippen LogP) is 4.88. The summed E-state index contributed by atoms with van der Waals surface area (Å²) in [6.07, 6.45) is 4.69. The normalized spacial score (nSPS) is 11.2. The molecule has 0 saturated carbocycles. The molecule has 0 fully saturated rings. The average Bonchev–Trinajstić information content (AvgIpc) is 3.04. The summed E-state index contributed by atoms with van der Waals surface area (Å²) >= 11 is 5.24. The summed E-state index contributed by atoms with van der Waals surface area (Å²) in [6.45, 7) is 2.52. The van der Waals surface area contributed by atoms with E-state index in [1.807, 2.05) is 24.3 Å². The van der Waals surface area contributed by atoms with E-state index in [0.717, 1.165) is 42.0 Å². The van der Waals surface area contributed by atoms with Crippen molar-refractivity contribution in [2.75, 3.05) is 0 Å². The van der Waals surface area contributed by atoms with Crippen LogP contribution in [0.25, 0.3) is 0 Å². The van der Waals surface area contributed by atoms with Crippen molar-refractivity contribution < 1.29 is 9.13 Å². The summed E-state index contributed by atoms with van der Waals surface area (Å²) in [4.78, 5) is 0. The highest BCUT2D eigenvalue weighted by Gasteiger charge is 2.04. The number of ether oxygens (including phenoxy) is 1. The van der Waals surface area contributed by atoms with Crippen molar-refractivity contribution in [3.05, 3.63) is 76.1 Å². The monoisotopic (exact) mass is 384 g/mol. The zero-order valence-corrected chi connectivity index (χ0v) is 15.9. The Kier molecular flexibility index (Phi) is 6.49. The van der Waals surface area contributed by atoms with Gasteiger partial charge in [0.2, 0.25) is 4.77 Å². The molecule has 0 radical (unpaired) electrons. The third-order valence-electron chi connectivity index (χ3n) is 3.99. The molecule has 1 N–H and O–H groups in total. The molecule has 7 heteroatoms. The van der Waals surface area contributed by atoms with Crippen LogP contribution in [0.1, 0.15) is 36.7 Å². The zero-order valence-electron chi connectivity index (χ0n) is 15.1. The number of H-pyrrole nitrogens is 1. The van der Waals surface area contributed by atoms with E-state index in [4.69, 9.17) is 17.0 Å². The van der Waals surface area contributed by atoms with Crippen molar-refractivity contribution in [3.63, 3.8) is 0 Å². The fourth-order valence-electron chi connectivity index (χ4n) is 2.46. The summed E-state index contributed by atoms with van der Waals surface area (Å²) in [5.74, 6) is 1.32. The lowest BCUT2D eigenvalue weighted by atomic mass is 10.2. The molecule has 5 nitrogen and oxygen atoms in total. The summed E-state index contributed by atoms with van der Waals surface area (Å²) in [5, 5.41) is 11.5. The largest absolute Gasteiger partial charge is 0.489 e. The van der Waals surface area contributed by atoms with Crippen LogP contribution in [0.4, 0.5) is 4.39 Å². The van der Waals surface area contributed by atoms with E-state index in [1.54, 1.807) is 23.0 Å². The molecule has 1 aromatic heterocycles.